The fraction of sp³-hybridized carbons (Fsp3) is 0.826. The van der Waals surface area contributed by atoms with Gasteiger partial charge in [-0.25, -0.2) is 4.79 Å². The second-order valence-corrected chi connectivity index (χ2v) is 9.16. The van der Waals surface area contributed by atoms with Crippen LogP contribution in [-0.4, -0.2) is 47.6 Å². The van der Waals surface area contributed by atoms with E-state index in [1.165, 1.54) is 32.1 Å². The lowest BCUT2D eigenvalue weighted by Crippen LogP contribution is -2.40. The monoisotopic (exact) mass is 412 g/mol. The summed E-state index contributed by atoms with van der Waals surface area (Å²) in [6, 6.07) is 0. The molecular weight excluding hydrogens is 372 g/mol. The Morgan fingerprint density at radius 3 is 2.10 bits per heavy atom. The second-order valence-electron chi connectivity index (χ2n) is 9.16. The number of carbonyl (C=O) groups excluding carboxylic acids is 2. The molecule has 1 rings (SSSR count). The fourth-order valence-electron chi connectivity index (χ4n) is 3.27. The number of aliphatic hydroxyl groups excluding tert-OH is 2. The number of esters is 2. The van der Waals surface area contributed by atoms with E-state index in [1.54, 1.807) is 20.8 Å². The van der Waals surface area contributed by atoms with Crippen LogP contribution in [0.5, 0.6) is 0 Å². The standard InChI is InChI=1S/C23H40O6/c1-22(2,3)21(27)28-18-23(17-25)16-19(20(26)29-23)14-12-10-8-6-4-5-7-9-11-13-15-24/h14,24-25H,4-13,15-18H2,1-3H3/b19-14+. The summed E-state index contributed by atoms with van der Waals surface area (Å²) in [5.41, 5.74) is -1.23. The molecule has 0 saturated carbocycles. The quantitative estimate of drug-likeness (QED) is 0.254. The average Bonchev–Trinajstić information content (AvgIpc) is 2.99. The molecule has 1 aliphatic rings. The molecule has 1 saturated heterocycles. The van der Waals surface area contributed by atoms with Crippen LogP contribution >= 0.6 is 0 Å². The lowest BCUT2D eigenvalue weighted by atomic mass is 9.96. The summed E-state index contributed by atoms with van der Waals surface area (Å²) >= 11 is 0. The first kappa shape index (κ1) is 25.6. The highest BCUT2D eigenvalue weighted by Gasteiger charge is 2.45. The van der Waals surface area contributed by atoms with Gasteiger partial charge < -0.3 is 19.7 Å². The third-order valence-corrected chi connectivity index (χ3v) is 5.20. The maximum Gasteiger partial charge on any atom is 0.334 e. The molecule has 1 fully saturated rings. The highest BCUT2D eigenvalue weighted by molar-refractivity contribution is 5.91. The molecule has 0 radical (unpaired) electrons. The van der Waals surface area contributed by atoms with Crippen molar-refractivity contribution >= 4 is 11.9 Å². The zero-order chi connectivity index (χ0) is 21.8. The molecule has 0 aromatic heterocycles. The maximum absolute atomic E-state index is 12.1. The molecule has 1 atom stereocenters. The highest BCUT2D eigenvalue weighted by atomic mass is 16.6. The van der Waals surface area contributed by atoms with Crippen molar-refractivity contribution in [2.45, 2.75) is 97.0 Å². The van der Waals surface area contributed by atoms with Crippen molar-refractivity contribution < 1.29 is 29.3 Å². The van der Waals surface area contributed by atoms with E-state index in [2.05, 4.69) is 0 Å². The van der Waals surface area contributed by atoms with E-state index in [-0.39, 0.29) is 25.6 Å². The summed E-state index contributed by atoms with van der Waals surface area (Å²) in [7, 11) is 0. The smallest absolute Gasteiger partial charge is 0.334 e. The van der Waals surface area contributed by atoms with Crippen LogP contribution in [0.3, 0.4) is 0 Å². The minimum atomic E-state index is -1.15. The number of hydrogen-bond donors (Lipinski definition) is 2. The van der Waals surface area contributed by atoms with Crippen LogP contribution in [0.15, 0.2) is 11.6 Å². The van der Waals surface area contributed by atoms with Gasteiger partial charge in [-0.1, -0.05) is 51.0 Å². The molecule has 0 aliphatic carbocycles. The van der Waals surface area contributed by atoms with Crippen molar-refractivity contribution in [3.63, 3.8) is 0 Å². The van der Waals surface area contributed by atoms with Gasteiger partial charge >= 0.3 is 11.9 Å². The molecule has 6 heteroatoms. The SMILES string of the molecule is CC(C)(C)C(=O)OCC1(CO)C/C(=C\CCCCCCCCCCCO)C(=O)O1. The molecular formula is C23H40O6. The Bertz CT molecular complexity index is 534. The van der Waals surface area contributed by atoms with E-state index >= 15 is 0 Å². The Morgan fingerprint density at radius 2 is 1.59 bits per heavy atom. The molecule has 29 heavy (non-hydrogen) atoms. The van der Waals surface area contributed by atoms with Crippen molar-refractivity contribution in [2.75, 3.05) is 19.8 Å². The van der Waals surface area contributed by atoms with Gasteiger partial charge in [-0.2, -0.15) is 0 Å². The van der Waals surface area contributed by atoms with Gasteiger partial charge in [-0.05, 0) is 40.0 Å². The molecule has 0 aromatic rings. The predicted molar refractivity (Wildman–Crippen MR) is 112 cm³/mol. The topological polar surface area (TPSA) is 93.1 Å². The lowest BCUT2D eigenvalue weighted by Gasteiger charge is -2.26. The largest absolute Gasteiger partial charge is 0.461 e. The van der Waals surface area contributed by atoms with E-state index < -0.39 is 17.0 Å². The van der Waals surface area contributed by atoms with Crippen molar-refractivity contribution in [1.29, 1.82) is 0 Å². The van der Waals surface area contributed by atoms with Crippen molar-refractivity contribution in [2.24, 2.45) is 5.41 Å². The first-order chi connectivity index (χ1) is 13.7. The first-order valence-corrected chi connectivity index (χ1v) is 11.1. The molecule has 1 heterocycles. The zero-order valence-electron chi connectivity index (χ0n) is 18.5. The summed E-state index contributed by atoms with van der Waals surface area (Å²) in [6.07, 6.45) is 13.3. The van der Waals surface area contributed by atoms with E-state index in [0.29, 0.717) is 12.2 Å². The molecule has 1 unspecified atom stereocenters. The summed E-state index contributed by atoms with van der Waals surface area (Å²) in [5.74, 6) is -0.805. The summed E-state index contributed by atoms with van der Waals surface area (Å²) in [5, 5.41) is 18.5. The first-order valence-electron chi connectivity index (χ1n) is 11.1. The summed E-state index contributed by atoms with van der Waals surface area (Å²) in [6.45, 7) is 5.07. The van der Waals surface area contributed by atoms with Gasteiger partial charge in [-0.15, -0.1) is 0 Å². The highest BCUT2D eigenvalue weighted by Crippen LogP contribution is 2.32. The van der Waals surface area contributed by atoms with Crippen molar-refractivity contribution in [3.05, 3.63) is 11.6 Å². The molecule has 1 aliphatic heterocycles. The van der Waals surface area contributed by atoms with Gasteiger partial charge in [0.05, 0.1) is 12.0 Å². The number of hydrogen-bond acceptors (Lipinski definition) is 6. The molecule has 0 amide bonds. The van der Waals surface area contributed by atoms with Crippen LogP contribution < -0.4 is 0 Å². The molecule has 6 nitrogen and oxygen atoms in total. The molecule has 0 spiro atoms. The van der Waals surface area contributed by atoms with Gasteiger partial charge in [-0.3, -0.25) is 4.79 Å². The van der Waals surface area contributed by atoms with Crippen molar-refractivity contribution in [3.8, 4) is 0 Å². The van der Waals surface area contributed by atoms with Gasteiger partial charge in [0.15, 0.2) is 5.60 Å². The Morgan fingerprint density at radius 1 is 1.03 bits per heavy atom. The minimum absolute atomic E-state index is 0.124. The normalized spacial score (nSPS) is 20.9. The van der Waals surface area contributed by atoms with E-state index in [1.807, 2.05) is 6.08 Å². The third kappa shape index (κ3) is 9.77. The second kappa shape index (κ2) is 13.0. The Balaban J connectivity index is 2.28. The number of carbonyl (C=O) groups is 2. The van der Waals surface area contributed by atoms with Crippen LogP contribution in [0.2, 0.25) is 0 Å². The predicted octanol–water partition coefficient (Wildman–Crippen LogP) is 4.07. The maximum atomic E-state index is 12.1. The van der Waals surface area contributed by atoms with Gasteiger partial charge in [0.2, 0.25) is 0 Å². The van der Waals surface area contributed by atoms with Crippen LogP contribution in [0.25, 0.3) is 0 Å². The Hall–Kier alpha value is -1.40. The minimum Gasteiger partial charge on any atom is -0.461 e. The van der Waals surface area contributed by atoms with E-state index in [9.17, 15) is 14.7 Å². The fourth-order valence-corrected chi connectivity index (χ4v) is 3.27. The van der Waals surface area contributed by atoms with E-state index in [4.69, 9.17) is 14.6 Å². The van der Waals surface area contributed by atoms with E-state index in [0.717, 1.165) is 32.1 Å². The average molecular weight is 413 g/mol. The van der Waals surface area contributed by atoms with Gasteiger partial charge in [0.1, 0.15) is 6.61 Å². The number of cyclic esters (lactones) is 1. The van der Waals surface area contributed by atoms with Crippen LogP contribution in [-0.2, 0) is 19.1 Å². The third-order valence-electron chi connectivity index (χ3n) is 5.20. The summed E-state index contributed by atoms with van der Waals surface area (Å²) < 4.78 is 10.7. The zero-order valence-corrected chi connectivity index (χ0v) is 18.5. The molecule has 168 valence electrons. The lowest BCUT2D eigenvalue weighted by molar-refractivity contribution is -0.171. The molecule has 0 aromatic carbocycles. The van der Waals surface area contributed by atoms with Crippen molar-refractivity contribution in [1.82, 2.24) is 0 Å². The number of ether oxygens (including phenoxy) is 2. The van der Waals surface area contributed by atoms with Crippen LogP contribution in [0.1, 0.15) is 91.4 Å². The molecule has 0 bridgehead atoms. The number of aliphatic hydroxyl groups is 2. The number of rotatable bonds is 14. The molecule has 2 N–H and O–H groups in total. The van der Waals surface area contributed by atoms with Crippen LogP contribution in [0.4, 0.5) is 0 Å². The summed E-state index contributed by atoms with van der Waals surface area (Å²) in [4.78, 5) is 24.1. The number of allylic oxidation sites excluding steroid dienone is 1. The van der Waals surface area contributed by atoms with Crippen LogP contribution in [0, 0.1) is 5.41 Å². The Kier molecular flexibility index (Phi) is 11.5. The number of unbranched alkanes of at least 4 members (excludes halogenated alkanes) is 9. The van der Waals surface area contributed by atoms with Gasteiger partial charge in [0, 0.05) is 18.6 Å². The van der Waals surface area contributed by atoms with Gasteiger partial charge in [0.25, 0.3) is 0 Å². The Labute approximate surface area is 175 Å².